The summed E-state index contributed by atoms with van der Waals surface area (Å²) in [4.78, 5) is 26.9. The molecular weight excluding hydrogens is 432 g/mol. The Morgan fingerprint density at radius 3 is 2.06 bits per heavy atom. The molecule has 1 aliphatic heterocycles. The van der Waals surface area contributed by atoms with E-state index in [1.165, 1.54) is 32.0 Å². The van der Waals surface area contributed by atoms with Crippen molar-refractivity contribution in [2.24, 2.45) is 7.05 Å². The van der Waals surface area contributed by atoms with E-state index in [9.17, 15) is 19.8 Å². The van der Waals surface area contributed by atoms with Crippen molar-refractivity contribution in [1.29, 1.82) is 0 Å². The third-order valence-electron chi connectivity index (χ3n) is 7.27. The summed E-state index contributed by atoms with van der Waals surface area (Å²) in [5.41, 5.74) is 7.61. The Kier molecular flexibility index (Phi) is 6.10. The van der Waals surface area contributed by atoms with Crippen LogP contribution in [0.4, 0.5) is 9.59 Å². The number of benzene rings is 1. The fourth-order valence-electron chi connectivity index (χ4n) is 5.26. The van der Waals surface area contributed by atoms with E-state index in [1.807, 2.05) is 46.8 Å². The Bertz CT molecular complexity index is 1270. The highest BCUT2D eigenvalue weighted by atomic mass is 16.4. The lowest BCUT2D eigenvalue weighted by molar-refractivity contribution is 0.123. The van der Waals surface area contributed by atoms with Crippen molar-refractivity contribution in [3.8, 4) is 0 Å². The number of nitrogens with zero attached hydrogens (tertiary/aromatic N) is 4. The van der Waals surface area contributed by atoms with Crippen molar-refractivity contribution in [1.82, 2.24) is 18.9 Å². The van der Waals surface area contributed by atoms with Crippen molar-refractivity contribution in [3.05, 3.63) is 58.0 Å². The van der Waals surface area contributed by atoms with Crippen LogP contribution in [0.15, 0.2) is 24.3 Å². The maximum atomic E-state index is 12.1. The largest absolute Gasteiger partial charge is 0.465 e. The summed E-state index contributed by atoms with van der Waals surface area (Å²) in [7, 11) is 2.09. The number of aromatic nitrogens is 2. The summed E-state index contributed by atoms with van der Waals surface area (Å²) < 4.78 is 4.49. The topological polar surface area (TPSA) is 90.9 Å². The van der Waals surface area contributed by atoms with Gasteiger partial charge in [0.25, 0.3) is 0 Å². The van der Waals surface area contributed by atoms with Gasteiger partial charge in [-0.2, -0.15) is 0 Å². The predicted molar refractivity (Wildman–Crippen MR) is 131 cm³/mol. The molecule has 1 aliphatic rings. The first kappa shape index (κ1) is 23.7. The van der Waals surface area contributed by atoms with E-state index in [4.69, 9.17) is 0 Å². The normalized spacial score (nSPS) is 12.8. The first-order valence-corrected chi connectivity index (χ1v) is 11.8. The predicted octanol–water partition coefficient (Wildman–Crippen LogP) is 5.02. The van der Waals surface area contributed by atoms with Crippen LogP contribution in [0.3, 0.4) is 0 Å². The Labute approximate surface area is 200 Å². The lowest BCUT2D eigenvalue weighted by atomic mass is 9.98. The summed E-state index contributed by atoms with van der Waals surface area (Å²) in [6, 6.07) is 7.97. The molecule has 0 unspecified atom stereocenters. The second kappa shape index (κ2) is 8.74. The van der Waals surface area contributed by atoms with Gasteiger partial charge in [-0.1, -0.05) is 18.2 Å². The fraction of sp³-hybridized carbons (Fsp3) is 0.462. The van der Waals surface area contributed by atoms with Crippen LogP contribution in [0.25, 0.3) is 10.9 Å². The average Bonchev–Trinajstić information content (AvgIpc) is 3.19. The molecule has 1 aromatic carbocycles. The van der Waals surface area contributed by atoms with Crippen LogP contribution >= 0.6 is 0 Å². The van der Waals surface area contributed by atoms with Crippen molar-refractivity contribution in [2.75, 3.05) is 0 Å². The number of amides is 2. The number of rotatable bonds is 6. The quantitative estimate of drug-likeness (QED) is 0.418. The number of aryl methyl sites for hydroxylation is 1. The Morgan fingerprint density at radius 1 is 0.941 bits per heavy atom. The van der Waals surface area contributed by atoms with E-state index in [-0.39, 0.29) is 25.2 Å². The molecule has 8 nitrogen and oxygen atoms in total. The number of para-hydroxylation sites is 1. The summed E-state index contributed by atoms with van der Waals surface area (Å²) in [5.74, 6) is 0. The van der Waals surface area contributed by atoms with Crippen LogP contribution in [0, 0.1) is 6.92 Å². The molecule has 0 atom stereocenters. The van der Waals surface area contributed by atoms with E-state index < -0.39 is 12.2 Å². The lowest BCUT2D eigenvalue weighted by Crippen LogP contribution is -2.37. The van der Waals surface area contributed by atoms with Crippen LogP contribution in [0.1, 0.15) is 61.5 Å². The van der Waals surface area contributed by atoms with E-state index in [2.05, 4.69) is 28.3 Å². The highest BCUT2D eigenvalue weighted by molar-refractivity contribution is 5.86. The zero-order chi connectivity index (χ0) is 24.9. The fourth-order valence-corrected chi connectivity index (χ4v) is 5.26. The zero-order valence-corrected chi connectivity index (χ0v) is 20.8. The molecule has 2 N–H and O–H groups in total. The van der Waals surface area contributed by atoms with Crippen LogP contribution in [0.2, 0.25) is 0 Å². The molecule has 34 heavy (non-hydrogen) atoms. The number of carboxylic acid groups (broad SMARTS) is 2. The molecule has 3 aromatic rings. The third kappa shape index (κ3) is 3.81. The first-order chi connectivity index (χ1) is 16.0. The van der Waals surface area contributed by atoms with Gasteiger partial charge in [0, 0.05) is 53.5 Å². The van der Waals surface area contributed by atoms with E-state index in [0.29, 0.717) is 13.0 Å². The zero-order valence-electron chi connectivity index (χ0n) is 20.8. The van der Waals surface area contributed by atoms with Gasteiger partial charge in [-0.3, -0.25) is 0 Å². The van der Waals surface area contributed by atoms with Crippen LogP contribution in [-0.2, 0) is 33.1 Å². The smallest absolute Gasteiger partial charge is 0.407 e. The molecule has 0 saturated carbocycles. The Balaban J connectivity index is 1.88. The molecule has 0 saturated heterocycles. The average molecular weight is 467 g/mol. The van der Waals surface area contributed by atoms with E-state index in [1.54, 1.807) is 0 Å². The van der Waals surface area contributed by atoms with E-state index in [0.717, 1.165) is 22.5 Å². The highest BCUT2D eigenvalue weighted by Gasteiger charge is 2.32. The third-order valence-corrected chi connectivity index (χ3v) is 7.27. The van der Waals surface area contributed by atoms with Crippen molar-refractivity contribution in [3.63, 3.8) is 0 Å². The summed E-state index contributed by atoms with van der Waals surface area (Å²) in [6.07, 6.45) is -1.26. The standard InChI is InChI=1S/C26H34N4O4/c1-15(2)28(25(31)32)12-20-17(5)30-14-24-19(18-9-7-8-10-22(18)27(24)6)11-23(30)21(20)13-29(16(3)4)26(33)34/h7-10,15-16H,11-14H2,1-6H3,(H,31,32)(H,33,34). The first-order valence-electron chi connectivity index (χ1n) is 11.8. The van der Waals surface area contributed by atoms with Gasteiger partial charge >= 0.3 is 12.2 Å². The molecular formula is C26H34N4O4. The minimum atomic E-state index is -0.974. The maximum absolute atomic E-state index is 12.1. The van der Waals surface area contributed by atoms with Crippen LogP contribution in [-0.4, -0.2) is 53.4 Å². The molecule has 0 bridgehead atoms. The van der Waals surface area contributed by atoms with Gasteiger partial charge in [0.1, 0.15) is 0 Å². The molecule has 2 aromatic heterocycles. The molecule has 0 fully saturated rings. The van der Waals surface area contributed by atoms with Gasteiger partial charge in [0.05, 0.1) is 19.6 Å². The number of carbonyl (C=O) groups is 2. The van der Waals surface area contributed by atoms with E-state index >= 15 is 0 Å². The minimum Gasteiger partial charge on any atom is -0.465 e. The monoisotopic (exact) mass is 466 g/mol. The number of hydrogen-bond acceptors (Lipinski definition) is 2. The van der Waals surface area contributed by atoms with Gasteiger partial charge in [-0.25, -0.2) is 9.59 Å². The second-order valence-electron chi connectivity index (χ2n) is 9.76. The van der Waals surface area contributed by atoms with Crippen molar-refractivity contribution >= 4 is 23.1 Å². The number of hydrogen-bond donors (Lipinski definition) is 2. The molecule has 0 radical (unpaired) electrons. The molecule has 2 amide bonds. The van der Waals surface area contributed by atoms with Crippen molar-refractivity contribution < 1.29 is 19.8 Å². The number of fused-ring (bicyclic) bond motifs is 4. The van der Waals surface area contributed by atoms with Gasteiger partial charge in [-0.05, 0) is 57.4 Å². The summed E-state index contributed by atoms with van der Waals surface area (Å²) in [5, 5.41) is 20.9. The molecule has 8 heteroatoms. The minimum absolute atomic E-state index is 0.191. The molecule has 4 rings (SSSR count). The summed E-state index contributed by atoms with van der Waals surface area (Å²) >= 11 is 0. The SMILES string of the molecule is Cc1c(CN(C(=O)O)C(C)C)c(CN(C(=O)O)C(C)C)c2n1Cc1c(c3ccccc3n1C)C2. The van der Waals surface area contributed by atoms with Gasteiger partial charge < -0.3 is 29.1 Å². The van der Waals surface area contributed by atoms with Crippen LogP contribution < -0.4 is 0 Å². The highest BCUT2D eigenvalue weighted by Crippen LogP contribution is 2.37. The molecule has 0 aliphatic carbocycles. The van der Waals surface area contributed by atoms with Crippen molar-refractivity contribution in [2.45, 2.75) is 72.8 Å². The van der Waals surface area contributed by atoms with Crippen LogP contribution in [0.5, 0.6) is 0 Å². The second-order valence-corrected chi connectivity index (χ2v) is 9.76. The maximum Gasteiger partial charge on any atom is 0.407 e. The lowest BCUT2D eigenvalue weighted by Gasteiger charge is -2.27. The molecule has 0 spiro atoms. The van der Waals surface area contributed by atoms with Gasteiger partial charge in [0.2, 0.25) is 0 Å². The summed E-state index contributed by atoms with van der Waals surface area (Å²) in [6.45, 7) is 10.6. The van der Waals surface area contributed by atoms with Gasteiger partial charge in [-0.15, -0.1) is 0 Å². The molecule has 3 heterocycles. The Hall–Kier alpha value is -3.42. The molecule has 182 valence electrons. The Morgan fingerprint density at radius 2 is 1.50 bits per heavy atom. The van der Waals surface area contributed by atoms with Gasteiger partial charge in [0.15, 0.2) is 0 Å².